The van der Waals surface area contributed by atoms with Crippen LogP contribution in [0, 0.1) is 11.8 Å². The van der Waals surface area contributed by atoms with Crippen LogP contribution in [0.25, 0.3) is 0 Å². The average molecular weight is 208 g/mol. The molecule has 0 fully saturated rings. The molecule has 0 saturated heterocycles. The van der Waals surface area contributed by atoms with Gasteiger partial charge in [-0.3, -0.25) is 0 Å². The fourth-order valence-electron chi connectivity index (χ4n) is 1.35. The monoisotopic (exact) mass is 208 g/mol. The Morgan fingerprint density at radius 2 is 1.67 bits per heavy atom. The number of rotatable bonds is 8. The molecule has 0 amide bonds. The largest absolute Gasteiger partial charge is 0.395 e. The summed E-state index contributed by atoms with van der Waals surface area (Å²) in [5.74, 6) is 6.02. The van der Waals surface area contributed by atoms with E-state index in [0.29, 0.717) is 6.42 Å². The summed E-state index contributed by atoms with van der Waals surface area (Å²) in [5.41, 5.74) is 0. The molecule has 0 atom stereocenters. The number of unbranched alkanes of at least 4 members (excludes halogenated alkanes) is 5. The van der Waals surface area contributed by atoms with Gasteiger partial charge in [0.15, 0.2) is 0 Å². The number of aliphatic hydroxyl groups excluding tert-OH is 1. The number of hydrogen-bond donors (Lipinski definition) is 1. The van der Waals surface area contributed by atoms with Gasteiger partial charge < -0.3 is 5.11 Å². The molecule has 1 heteroatoms. The van der Waals surface area contributed by atoms with Gasteiger partial charge in [-0.05, 0) is 25.7 Å². The Hall–Kier alpha value is -0.740. The molecule has 0 aromatic heterocycles. The molecule has 0 unspecified atom stereocenters. The first kappa shape index (κ1) is 14.3. The second kappa shape index (κ2) is 13.3. The van der Waals surface area contributed by atoms with Crippen molar-refractivity contribution in [3.8, 4) is 11.8 Å². The Kier molecular flexibility index (Phi) is 12.6. The highest BCUT2D eigenvalue weighted by Gasteiger charge is 1.87. The van der Waals surface area contributed by atoms with Gasteiger partial charge in [-0.25, -0.2) is 0 Å². The van der Waals surface area contributed by atoms with Crippen LogP contribution in [-0.2, 0) is 0 Å². The van der Waals surface area contributed by atoms with Crippen molar-refractivity contribution in [3.05, 3.63) is 12.2 Å². The second-order valence-electron chi connectivity index (χ2n) is 3.66. The molecule has 0 radical (unpaired) electrons. The van der Waals surface area contributed by atoms with E-state index in [1.165, 1.54) is 32.1 Å². The summed E-state index contributed by atoms with van der Waals surface area (Å²) in [4.78, 5) is 0. The van der Waals surface area contributed by atoms with Crippen LogP contribution < -0.4 is 0 Å². The highest BCUT2D eigenvalue weighted by atomic mass is 16.2. The maximum Gasteiger partial charge on any atom is 0.0540 e. The molecule has 0 bridgehead atoms. The lowest BCUT2D eigenvalue weighted by Crippen LogP contribution is -1.78. The smallest absolute Gasteiger partial charge is 0.0540 e. The predicted molar refractivity (Wildman–Crippen MR) is 66.6 cm³/mol. The van der Waals surface area contributed by atoms with E-state index in [2.05, 4.69) is 30.9 Å². The molecule has 0 aliphatic heterocycles. The van der Waals surface area contributed by atoms with Crippen LogP contribution in [0.3, 0.4) is 0 Å². The lowest BCUT2D eigenvalue weighted by atomic mass is 10.1. The standard InChI is InChI=1S/C14H24O/c1-2-3-4-5-6-7-8-9-10-11-12-13-14-15/h3-4,15H,2,5-10,13-14H2,1H3/b4-3-. The average Bonchev–Trinajstić information content (AvgIpc) is 2.26. The summed E-state index contributed by atoms with van der Waals surface area (Å²) < 4.78 is 0. The van der Waals surface area contributed by atoms with Crippen LogP contribution in [0.4, 0.5) is 0 Å². The fourth-order valence-corrected chi connectivity index (χ4v) is 1.35. The topological polar surface area (TPSA) is 20.2 Å². The van der Waals surface area contributed by atoms with Crippen molar-refractivity contribution < 1.29 is 5.11 Å². The van der Waals surface area contributed by atoms with Crippen molar-refractivity contribution in [3.63, 3.8) is 0 Å². The lowest BCUT2D eigenvalue weighted by molar-refractivity contribution is 0.305. The zero-order valence-corrected chi connectivity index (χ0v) is 9.97. The van der Waals surface area contributed by atoms with Crippen LogP contribution in [0.2, 0.25) is 0 Å². The maximum atomic E-state index is 8.50. The molecule has 0 aliphatic rings. The molecule has 0 aromatic carbocycles. The highest BCUT2D eigenvalue weighted by molar-refractivity contribution is 4.98. The summed E-state index contributed by atoms with van der Waals surface area (Å²) in [6.45, 7) is 2.36. The first-order chi connectivity index (χ1) is 7.41. The van der Waals surface area contributed by atoms with Crippen LogP contribution in [0.1, 0.15) is 58.3 Å². The van der Waals surface area contributed by atoms with E-state index >= 15 is 0 Å². The normalized spacial score (nSPS) is 10.3. The Bertz CT molecular complexity index is 195. The van der Waals surface area contributed by atoms with Crippen LogP contribution in [-0.4, -0.2) is 11.7 Å². The lowest BCUT2D eigenvalue weighted by Gasteiger charge is -1.95. The van der Waals surface area contributed by atoms with Gasteiger partial charge in [-0.15, -0.1) is 11.8 Å². The van der Waals surface area contributed by atoms with Crippen molar-refractivity contribution in [1.29, 1.82) is 0 Å². The van der Waals surface area contributed by atoms with Gasteiger partial charge in [0.25, 0.3) is 0 Å². The zero-order chi connectivity index (χ0) is 11.2. The van der Waals surface area contributed by atoms with E-state index in [1.807, 2.05) is 0 Å². The van der Waals surface area contributed by atoms with E-state index in [0.717, 1.165) is 12.8 Å². The maximum absolute atomic E-state index is 8.50. The van der Waals surface area contributed by atoms with E-state index in [1.54, 1.807) is 0 Å². The fraction of sp³-hybridized carbons (Fsp3) is 0.714. The Morgan fingerprint density at radius 1 is 0.933 bits per heavy atom. The van der Waals surface area contributed by atoms with Gasteiger partial charge in [0.05, 0.1) is 6.61 Å². The molecule has 0 heterocycles. The molecule has 0 saturated carbocycles. The third-order valence-electron chi connectivity index (χ3n) is 2.19. The molecule has 1 nitrogen and oxygen atoms in total. The van der Waals surface area contributed by atoms with E-state index in [9.17, 15) is 0 Å². The van der Waals surface area contributed by atoms with E-state index in [-0.39, 0.29) is 6.61 Å². The minimum atomic E-state index is 0.191. The van der Waals surface area contributed by atoms with Crippen molar-refractivity contribution in [2.45, 2.75) is 58.3 Å². The zero-order valence-electron chi connectivity index (χ0n) is 9.97. The van der Waals surface area contributed by atoms with Gasteiger partial charge in [-0.2, -0.15) is 0 Å². The third kappa shape index (κ3) is 13.3. The van der Waals surface area contributed by atoms with Crippen molar-refractivity contribution in [2.75, 3.05) is 6.61 Å². The van der Waals surface area contributed by atoms with Crippen molar-refractivity contribution in [2.24, 2.45) is 0 Å². The summed E-state index contributed by atoms with van der Waals surface area (Å²) in [6.07, 6.45) is 13.6. The van der Waals surface area contributed by atoms with Crippen molar-refractivity contribution >= 4 is 0 Å². The number of aliphatic hydroxyl groups is 1. The first-order valence-electron chi connectivity index (χ1n) is 6.13. The van der Waals surface area contributed by atoms with Crippen LogP contribution in [0.5, 0.6) is 0 Å². The minimum absolute atomic E-state index is 0.191. The van der Waals surface area contributed by atoms with E-state index < -0.39 is 0 Å². The molecular weight excluding hydrogens is 184 g/mol. The van der Waals surface area contributed by atoms with Gasteiger partial charge in [0, 0.05) is 12.8 Å². The summed E-state index contributed by atoms with van der Waals surface area (Å²) >= 11 is 0. The molecule has 1 N–H and O–H groups in total. The third-order valence-corrected chi connectivity index (χ3v) is 2.19. The molecule has 15 heavy (non-hydrogen) atoms. The molecule has 0 aliphatic carbocycles. The first-order valence-corrected chi connectivity index (χ1v) is 6.13. The van der Waals surface area contributed by atoms with Crippen molar-refractivity contribution in [1.82, 2.24) is 0 Å². The molecular formula is C14H24O. The molecule has 0 spiro atoms. The molecule has 86 valence electrons. The Labute approximate surface area is 94.6 Å². The summed E-state index contributed by atoms with van der Waals surface area (Å²) in [6, 6.07) is 0. The van der Waals surface area contributed by atoms with Gasteiger partial charge >= 0.3 is 0 Å². The summed E-state index contributed by atoms with van der Waals surface area (Å²) in [7, 11) is 0. The molecule has 0 aromatic rings. The summed E-state index contributed by atoms with van der Waals surface area (Å²) in [5, 5.41) is 8.50. The van der Waals surface area contributed by atoms with E-state index in [4.69, 9.17) is 5.11 Å². The predicted octanol–water partition coefficient (Wildman–Crippen LogP) is 3.68. The van der Waals surface area contributed by atoms with Crippen LogP contribution >= 0.6 is 0 Å². The van der Waals surface area contributed by atoms with Crippen LogP contribution in [0.15, 0.2) is 12.2 Å². The quantitative estimate of drug-likeness (QED) is 0.366. The Balaban J connectivity index is 3.06. The number of allylic oxidation sites excluding steroid dienone is 2. The SMILES string of the molecule is CC/C=C\CCCCCCC#CCCO. The minimum Gasteiger partial charge on any atom is -0.395 e. The molecule has 0 rings (SSSR count). The Morgan fingerprint density at radius 3 is 2.40 bits per heavy atom. The number of hydrogen-bond acceptors (Lipinski definition) is 1. The van der Waals surface area contributed by atoms with Gasteiger partial charge in [0.1, 0.15) is 0 Å². The van der Waals surface area contributed by atoms with Gasteiger partial charge in [-0.1, -0.05) is 31.9 Å². The van der Waals surface area contributed by atoms with Gasteiger partial charge in [0.2, 0.25) is 0 Å². The highest BCUT2D eigenvalue weighted by Crippen LogP contribution is 2.05. The second-order valence-corrected chi connectivity index (χ2v) is 3.66.